The second kappa shape index (κ2) is 8.60. The average molecular weight is 436 g/mol. The summed E-state index contributed by atoms with van der Waals surface area (Å²) >= 11 is 1.52. The van der Waals surface area contributed by atoms with Crippen LogP contribution in [-0.4, -0.2) is 36.8 Å². The number of nitrogens with one attached hydrogen (secondary N) is 1. The standard InChI is InChI=1S/C21H20N6O3S/c1-13-20(31-14(2)24-13)17-7-8-19(29)27(25-17)10-9-22-18(28)11-26-12-23-16-6-4-3-5-15(16)21(26)30/h3-8,12H,9-11H2,1-2H3,(H,22,28). The van der Waals surface area contributed by atoms with Crippen LogP contribution in [0.2, 0.25) is 0 Å². The van der Waals surface area contributed by atoms with Gasteiger partial charge in [-0.15, -0.1) is 11.3 Å². The smallest absolute Gasteiger partial charge is 0.266 e. The molecule has 10 heteroatoms. The summed E-state index contributed by atoms with van der Waals surface area (Å²) in [4.78, 5) is 46.5. The van der Waals surface area contributed by atoms with E-state index in [9.17, 15) is 14.4 Å². The van der Waals surface area contributed by atoms with E-state index in [1.54, 1.807) is 30.3 Å². The lowest BCUT2D eigenvalue weighted by atomic mass is 10.2. The lowest BCUT2D eigenvalue weighted by Gasteiger charge is -2.09. The van der Waals surface area contributed by atoms with Crippen LogP contribution in [0.5, 0.6) is 0 Å². The molecule has 0 radical (unpaired) electrons. The van der Waals surface area contributed by atoms with Gasteiger partial charge in [0.05, 0.1) is 39.4 Å². The molecule has 0 bridgehead atoms. The Morgan fingerprint density at radius 2 is 1.94 bits per heavy atom. The second-order valence-corrected chi connectivity index (χ2v) is 8.18. The summed E-state index contributed by atoms with van der Waals surface area (Å²) in [5.41, 5.74) is 1.58. The van der Waals surface area contributed by atoms with E-state index in [1.165, 1.54) is 33.0 Å². The van der Waals surface area contributed by atoms with Crippen molar-refractivity contribution < 1.29 is 4.79 Å². The number of para-hydroxylation sites is 1. The van der Waals surface area contributed by atoms with E-state index < -0.39 is 0 Å². The summed E-state index contributed by atoms with van der Waals surface area (Å²) in [6.07, 6.45) is 1.36. The number of fused-ring (bicyclic) bond motifs is 1. The van der Waals surface area contributed by atoms with Crippen molar-refractivity contribution in [1.82, 2.24) is 29.6 Å². The Labute approximate surface area is 181 Å². The monoisotopic (exact) mass is 436 g/mol. The van der Waals surface area contributed by atoms with Gasteiger partial charge in [0.2, 0.25) is 5.91 Å². The van der Waals surface area contributed by atoms with Crippen LogP contribution in [0.3, 0.4) is 0 Å². The van der Waals surface area contributed by atoms with Crippen LogP contribution >= 0.6 is 11.3 Å². The van der Waals surface area contributed by atoms with Crippen LogP contribution in [0, 0.1) is 13.8 Å². The number of carbonyl (C=O) groups is 1. The number of rotatable bonds is 6. The maximum absolute atomic E-state index is 12.5. The molecule has 158 valence electrons. The van der Waals surface area contributed by atoms with Gasteiger partial charge in [0.25, 0.3) is 11.1 Å². The second-order valence-electron chi connectivity index (χ2n) is 6.97. The van der Waals surface area contributed by atoms with E-state index >= 15 is 0 Å². The molecule has 0 spiro atoms. The Bertz CT molecular complexity index is 1390. The Morgan fingerprint density at radius 3 is 2.71 bits per heavy atom. The number of nitrogens with zero attached hydrogens (tertiary/aromatic N) is 5. The van der Waals surface area contributed by atoms with Crippen LogP contribution in [0.4, 0.5) is 0 Å². The van der Waals surface area contributed by atoms with Crippen molar-refractivity contribution in [3.8, 4) is 10.6 Å². The van der Waals surface area contributed by atoms with Crippen molar-refractivity contribution in [2.24, 2.45) is 0 Å². The molecule has 0 atom stereocenters. The number of thiazole rings is 1. The summed E-state index contributed by atoms with van der Waals surface area (Å²) in [6, 6.07) is 10.1. The van der Waals surface area contributed by atoms with Gasteiger partial charge in [-0.05, 0) is 32.0 Å². The summed E-state index contributed by atoms with van der Waals surface area (Å²) in [5, 5.41) is 8.51. The number of benzene rings is 1. The fraction of sp³-hybridized carbons (Fsp3) is 0.238. The van der Waals surface area contributed by atoms with Gasteiger partial charge in [-0.2, -0.15) is 5.10 Å². The molecule has 0 aliphatic carbocycles. The van der Waals surface area contributed by atoms with Gasteiger partial charge >= 0.3 is 0 Å². The lowest BCUT2D eigenvalue weighted by molar-refractivity contribution is -0.121. The first-order valence-electron chi connectivity index (χ1n) is 9.66. The number of hydrogen-bond acceptors (Lipinski definition) is 7. The highest BCUT2D eigenvalue weighted by Crippen LogP contribution is 2.27. The summed E-state index contributed by atoms with van der Waals surface area (Å²) in [6.45, 7) is 4.08. The molecule has 9 nitrogen and oxygen atoms in total. The van der Waals surface area contributed by atoms with Crippen LogP contribution in [0.15, 0.2) is 52.3 Å². The molecule has 1 aromatic carbocycles. The van der Waals surface area contributed by atoms with Gasteiger partial charge in [-0.3, -0.25) is 19.0 Å². The molecule has 0 aliphatic heterocycles. The van der Waals surface area contributed by atoms with E-state index in [2.05, 4.69) is 20.4 Å². The Morgan fingerprint density at radius 1 is 1.13 bits per heavy atom. The fourth-order valence-corrected chi connectivity index (χ4v) is 4.11. The van der Waals surface area contributed by atoms with Crippen molar-refractivity contribution in [2.75, 3.05) is 6.54 Å². The SMILES string of the molecule is Cc1nc(C)c(-c2ccc(=O)n(CCNC(=O)Cn3cnc4ccccc4c3=O)n2)s1. The molecule has 0 saturated heterocycles. The van der Waals surface area contributed by atoms with Crippen LogP contribution in [-0.2, 0) is 17.9 Å². The normalized spacial score (nSPS) is 11.0. The minimum atomic E-state index is -0.350. The lowest BCUT2D eigenvalue weighted by Crippen LogP contribution is -2.36. The molecule has 0 fully saturated rings. The molecule has 31 heavy (non-hydrogen) atoms. The number of carbonyl (C=O) groups excluding carboxylic acids is 1. The first-order chi connectivity index (χ1) is 14.9. The van der Waals surface area contributed by atoms with Crippen LogP contribution in [0.25, 0.3) is 21.5 Å². The third kappa shape index (κ3) is 4.43. The number of aryl methyl sites for hydroxylation is 2. The molecule has 0 unspecified atom stereocenters. The molecule has 4 aromatic rings. The third-order valence-corrected chi connectivity index (χ3v) is 5.79. The molecule has 0 saturated carbocycles. The summed E-state index contributed by atoms with van der Waals surface area (Å²) in [7, 11) is 0. The molecule has 4 rings (SSSR count). The first kappa shape index (κ1) is 20.6. The van der Waals surface area contributed by atoms with E-state index in [1.807, 2.05) is 13.8 Å². The van der Waals surface area contributed by atoms with Crippen molar-refractivity contribution in [1.29, 1.82) is 0 Å². The molecular formula is C21H20N6O3S. The maximum Gasteiger partial charge on any atom is 0.266 e. The quantitative estimate of drug-likeness (QED) is 0.490. The largest absolute Gasteiger partial charge is 0.353 e. The summed E-state index contributed by atoms with van der Waals surface area (Å²) < 4.78 is 2.57. The van der Waals surface area contributed by atoms with Gasteiger partial charge in [0, 0.05) is 12.6 Å². The molecular weight excluding hydrogens is 416 g/mol. The zero-order valence-corrected chi connectivity index (χ0v) is 17.8. The zero-order valence-electron chi connectivity index (χ0n) is 17.0. The van der Waals surface area contributed by atoms with Gasteiger partial charge in [-0.25, -0.2) is 14.6 Å². The molecule has 3 aromatic heterocycles. The van der Waals surface area contributed by atoms with Gasteiger partial charge < -0.3 is 5.32 Å². The first-order valence-corrected chi connectivity index (χ1v) is 10.5. The van der Waals surface area contributed by atoms with Crippen LogP contribution < -0.4 is 16.4 Å². The van der Waals surface area contributed by atoms with E-state index in [0.29, 0.717) is 16.6 Å². The Kier molecular flexibility index (Phi) is 5.72. The Hall–Kier alpha value is -3.66. The predicted octanol–water partition coefficient (Wildman–Crippen LogP) is 1.51. The Balaban J connectivity index is 1.41. The highest BCUT2D eigenvalue weighted by Gasteiger charge is 2.11. The third-order valence-electron chi connectivity index (χ3n) is 4.69. The number of hydrogen-bond donors (Lipinski definition) is 1. The average Bonchev–Trinajstić information content (AvgIpc) is 3.09. The van der Waals surface area contributed by atoms with Crippen molar-refractivity contribution in [2.45, 2.75) is 26.9 Å². The highest BCUT2D eigenvalue weighted by atomic mass is 32.1. The van der Waals surface area contributed by atoms with Gasteiger partial charge in [0.15, 0.2) is 0 Å². The van der Waals surface area contributed by atoms with E-state index in [-0.39, 0.29) is 36.7 Å². The van der Waals surface area contributed by atoms with Gasteiger partial charge in [0.1, 0.15) is 12.2 Å². The number of aromatic nitrogens is 5. The minimum Gasteiger partial charge on any atom is -0.353 e. The van der Waals surface area contributed by atoms with Gasteiger partial charge in [-0.1, -0.05) is 12.1 Å². The zero-order chi connectivity index (χ0) is 22.0. The maximum atomic E-state index is 12.5. The van der Waals surface area contributed by atoms with Crippen molar-refractivity contribution in [3.05, 3.63) is 74.1 Å². The molecule has 0 aliphatic rings. The number of amides is 1. The highest BCUT2D eigenvalue weighted by molar-refractivity contribution is 7.15. The molecule has 1 amide bonds. The molecule has 1 N–H and O–H groups in total. The van der Waals surface area contributed by atoms with E-state index in [4.69, 9.17) is 0 Å². The topological polar surface area (TPSA) is 112 Å². The summed E-state index contributed by atoms with van der Waals surface area (Å²) in [5.74, 6) is -0.350. The molecule has 3 heterocycles. The van der Waals surface area contributed by atoms with Crippen molar-refractivity contribution >= 4 is 28.1 Å². The minimum absolute atomic E-state index is 0.154. The predicted molar refractivity (Wildman–Crippen MR) is 118 cm³/mol. The van der Waals surface area contributed by atoms with Crippen molar-refractivity contribution in [3.63, 3.8) is 0 Å². The van der Waals surface area contributed by atoms with E-state index in [0.717, 1.165) is 15.6 Å². The van der Waals surface area contributed by atoms with Crippen LogP contribution in [0.1, 0.15) is 10.7 Å². The fourth-order valence-electron chi connectivity index (χ4n) is 3.23.